The number of aromatic nitrogens is 2. The predicted octanol–water partition coefficient (Wildman–Crippen LogP) is 5.24. The molecule has 3 saturated heterocycles. The molecule has 3 N–H and O–H groups in total. The molecule has 0 aliphatic carbocycles. The molecule has 14 heteroatoms. The van der Waals surface area contributed by atoms with Crippen molar-refractivity contribution in [3.8, 4) is 29.0 Å². The van der Waals surface area contributed by atoms with Gasteiger partial charge < -0.3 is 25.4 Å². The monoisotopic (exact) mass is 665 g/mol. The molecule has 4 aromatic rings. The summed E-state index contributed by atoms with van der Waals surface area (Å²) in [5.74, 6) is -0.606. The van der Waals surface area contributed by atoms with Crippen LogP contribution in [0.25, 0.3) is 32.1 Å². The lowest BCUT2D eigenvalue weighted by Gasteiger charge is -2.38. The number of rotatable bonds is 4. The van der Waals surface area contributed by atoms with Crippen LogP contribution in [0.5, 0.6) is 11.8 Å². The maximum absolute atomic E-state index is 17.1. The molecule has 0 radical (unpaired) electrons. The van der Waals surface area contributed by atoms with Crippen molar-refractivity contribution in [2.75, 3.05) is 50.0 Å². The summed E-state index contributed by atoms with van der Waals surface area (Å²) in [6.45, 7) is 5.49. The smallest absolute Gasteiger partial charge is 0.319 e. The molecule has 4 aliphatic rings. The number of anilines is 2. The maximum atomic E-state index is 17.1. The molecule has 2 aromatic carbocycles. The molecule has 1 unspecified atom stereocenters. The Hall–Kier alpha value is -3.99. The third-order valence-electron chi connectivity index (χ3n) is 9.85. The van der Waals surface area contributed by atoms with Gasteiger partial charge in [0.1, 0.15) is 40.9 Å². The number of amides is 1. The molecular weight excluding hydrogens is 636 g/mol. The second-order valence-corrected chi connectivity index (χ2v) is 14.1. The first-order valence-corrected chi connectivity index (χ1v) is 16.6. The Bertz CT molecular complexity index is 2000. The molecule has 10 nitrogen and oxygen atoms in total. The number of hydrogen-bond acceptors (Lipinski definition) is 10. The zero-order valence-electron chi connectivity index (χ0n) is 25.0. The van der Waals surface area contributed by atoms with E-state index in [9.17, 15) is 14.4 Å². The Labute approximate surface area is 272 Å². The fourth-order valence-corrected chi connectivity index (χ4v) is 9.22. The van der Waals surface area contributed by atoms with Crippen LogP contribution < -0.4 is 25.4 Å². The van der Waals surface area contributed by atoms with Crippen molar-refractivity contribution in [3.63, 3.8) is 0 Å². The largest absolute Gasteiger partial charge is 0.491 e. The van der Waals surface area contributed by atoms with Crippen LogP contribution in [0.2, 0.25) is 5.02 Å². The molecular formula is C32H30ClF2N7O3S. The minimum atomic E-state index is -0.809. The Morgan fingerprint density at radius 3 is 2.98 bits per heavy atom. The van der Waals surface area contributed by atoms with Crippen molar-refractivity contribution in [2.45, 2.75) is 44.2 Å². The molecule has 8 rings (SSSR count). The lowest BCUT2D eigenvalue weighted by Crippen LogP contribution is -2.56. The highest BCUT2D eigenvalue weighted by molar-refractivity contribution is 7.23. The summed E-state index contributed by atoms with van der Waals surface area (Å²) in [6.07, 6.45) is 3.38. The zero-order chi connectivity index (χ0) is 31.9. The van der Waals surface area contributed by atoms with Crippen LogP contribution in [0.4, 0.5) is 19.6 Å². The van der Waals surface area contributed by atoms with E-state index in [1.165, 1.54) is 12.1 Å². The molecule has 1 amide bonds. The fraction of sp³-hybridized carbons (Fsp3) is 0.438. The number of nitriles is 1. The molecule has 0 bridgehead atoms. The van der Waals surface area contributed by atoms with Crippen molar-refractivity contribution in [3.05, 3.63) is 34.4 Å². The number of fused-ring (bicyclic) bond motifs is 4. The van der Waals surface area contributed by atoms with Gasteiger partial charge in [-0.2, -0.15) is 15.2 Å². The molecule has 2 aromatic heterocycles. The summed E-state index contributed by atoms with van der Waals surface area (Å²) in [4.78, 5) is 26.7. The van der Waals surface area contributed by atoms with Crippen molar-refractivity contribution < 1.29 is 23.0 Å². The molecule has 6 heterocycles. The molecule has 238 valence electrons. The zero-order valence-corrected chi connectivity index (χ0v) is 26.5. The van der Waals surface area contributed by atoms with E-state index >= 15 is 4.39 Å². The molecule has 4 aliphatic heterocycles. The molecule has 0 saturated carbocycles. The second kappa shape index (κ2) is 10.8. The maximum Gasteiger partial charge on any atom is 0.319 e. The predicted molar refractivity (Wildman–Crippen MR) is 171 cm³/mol. The minimum absolute atomic E-state index is 0.0200. The van der Waals surface area contributed by atoms with Gasteiger partial charge in [0.25, 0.3) is 0 Å². The first kappa shape index (κ1) is 29.4. The van der Waals surface area contributed by atoms with E-state index in [0.717, 1.165) is 43.7 Å². The lowest BCUT2D eigenvalue weighted by atomic mass is 9.92. The lowest BCUT2D eigenvalue weighted by molar-refractivity contribution is -0.123. The van der Waals surface area contributed by atoms with Gasteiger partial charge in [0, 0.05) is 37.0 Å². The Kier molecular flexibility index (Phi) is 6.90. The SMILES string of the molecule is C[C@H]1CN2CCC[C@@]2(COc2nc3c4c(c(Cl)c(-c5ccc(F)c6sc(N)c(C#N)c56)c(F)c4n2)OCCC2C(=O)NCCN32)C1. The quantitative estimate of drug-likeness (QED) is 0.301. The van der Waals surface area contributed by atoms with E-state index < -0.39 is 17.7 Å². The van der Waals surface area contributed by atoms with E-state index in [0.29, 0.717) is 37.9 Å². The number of hydrogen-bond donors (Lipinski definition) is 2. The highest BCUT2D eigenvalue weighted by atomic mass is 35.5. The van der Waals surface area contributed by atoms with Gasteiger partial charge in [0.2, 0.25) is 5.91 Å². The van der Waals surface area contributed by atoms with Crippen LogP contribution in [-0.4, -0.2) is 71.7 Å². The Morgan fingerprint density at radius 2 is 2.15 bits per heavy atom. The van der Waals surface area contributed by atoms with Crippen molar-refractivity contribution in [2.24, 2.45) is 5.92 Å². The number of ether oxygens (including phenoxy) is 2. The summed E-state index contributed by atoms with van der Waals surface area (Å²) < 4.78 is 44.8. The first-order valence-electron chi connectivity index (χ1n) is 15.4. The number of carbonyl (C=O) groups is 1. The van der Waals surface area contributed by atoms with Crippen molar-refractivity contribution >= 4 is 60.7 Å². The standard InChI is InChI=1S/C32H30ClF2N7O3S/c1-15-11-32(6-2-8-41(32)13-15)14-45-31-39-25-22-26(44-10-5-19-30(43)38-7-9-42(19)29(22)40-31)23(33)21(24(25)35)16-3-4-18(34)27-20(16)17(12-36)28(37)46-27/h3-4,15,19H,2,5-11,13-14,37H2,1H3,(H,38,43)/t15-,19?,32+/m1/s1. The average Bonchev–Trinajstić information content (AvgIpc) is 3.67. The van der Waals surface area contributed by atoms with Gasteiger partial charge in [-0.05, 0) is 43.4 Å². The number of nitrogens with zero attached hydrogens (tertiary/aromatic N) is 5. The number of halogens is 3. The van der Waals surface area contributed by atoms with Gasteiger partial charge in [-0.1, -0.05) is 24.6 Å². The number of thiophene rings is 1. The summed E-state index contributed by atoms with van der Waals surface area (Å²) >= 11 is 7.92. The van der Waals surface area contributed by atoms with Crippen LogP contribution in [0.15, 0.2) is 12.1 Å². The van der Waals surface area contributed by atoms with E-state index in [-0.39, 0.29) is 77.5 Å². The average molecular weight is 666 g/mol. The summed E-state index contributed by atoms with van der Waals surface area (Å²) in [5.41, 5.74) is 5.97. The van der Waals surface area contributed by atoms with Crippen LogP contribution in [0, 0.1) is 28.9 Å². The van der Waals surface area contributed by atoms with E-state index in [1.807, 2.05) is 11.0 Å². The molecule has 3 atom stereocenters. The normalized spacial score (nSPS) is 24.2. The van der Waals surface area contributed by atoms with E-state index in [2.05, 4.69) is 22.1 Å². The second-order valence-electron chi connectivity index (χ2n) is 12.6. The number of carbonyl (C=O) groups excluding carboxylic acids is 1. The summed E-state index contributed by atoms with van der Waals surface area (Å²) in [7, 11) is 0. The highest BCUT2D eigenvalue weighted by Crippen LogP contribution is 2.51. The van der Waals surface area contributed by atoms with Crippen LogP contribution in [0.3, 0.4) is 0 Å². The fourth-order valence-electron chi connectivity index (χ4n) is 7.94. The highest BCUT2D eigenvalue weighted by Gasteiger charge is 2.48. The van der Waals surface area contributed by atoms with Crippen molar-refractivity contribution in [1.82, 2.24) is 20.2 Å². The Morgan fingerprint density at radius 1 is 1.30 bits per heavy atom. The van der Waals surface area contributed by atoms with Crippen LogP contribution in [-0.2, 0) is 4.79 Å². The first-order chi connectivity index (χ1) is 22.2. The van der Waals surface area contributed by atoms with Crippen molar-refractivity contribution in [1.29, 1.82) is 5.26 Å². The number of nitrogens with one attached hydrogen (secondary N) is 1. The number of nitrogens with two attached hydrogens (primary N) is 1. The summed E-state index contributed by atoms with van der Waals surface area (Å²) in [6, 6.07) is 4.00. The van der Waals surface area contributed by atoms with Gasteiger partial charge in [0.15, 0.2) is 11.6 Å². The van der Waals surface area contributed by atoms with Crippen LogP contribution in [0.1, 0.15) is 38.2 Å². The molecule has 0 spiro atoms. The number of benzene rings is 2. The van der Waals surface area contributed by atoms with E-state index in [1.54, 1.807) is 0 Å². The van der Waals surface area contributed by atoms with Crippen LogP contribution >= 0.6 is 22.9 Å². The minimum Gasteiger partial charge on any atom is -0.491 e. The van der Waals surface area contributed by atoms with E-state index in [4.69, 9.17) is 31.8 Å². The topological polar surface area (TPSA) is 130 Å². The van der Waals surface area contributed by atoms with Gasteiger partial charge in [-0.15, -0.1) is 11.3 Å². The Balaban J connectivity index is 1.36. The molecule has 46 heavy (non-hydrogen) atoms. The third kappa shape index (κ3) is 4.30. The number of piperazine rings is 1. The number of nitrogen functional groups attached to an aromatic ring is 1. The van der Waals surface area contributed by atoms with Gasteiger partial charge in [-0.25, -0.2) is 8.78 Å². The van der Waals surface area contributed by atoms with Gasteiger partial charge in [0.05, 0.1) is 32.8 Å². The third-order valence-corrected chi connectivity index (χ3v) is 11.2. The molecule has 3 fully saturated rings. The van der Waals surface area contributed by atoms with Gasteiger partial charge >= 0.3 is 6.01 Å². The van der Waals surface area contributed by atoms with Gasteiger partial charge in [-0.3, -0.25) is 9.69 Å². The summed E-state index contributed by atoms with van der Waals surface area (Å²) in [5, 5.41) is 13.2.